The minimum atomic E-state index is -1.11. The molecule has 2 aromatic rings. The molecule has 196 valence electrons. The predicted molar refractivity (Wildman–Crippen MR) is 130 cm³/mol. The summed E-state index contributed by atoms with van der Waals surface area (Å²) in [6, 6.07) is 4.83. The molecular formula is C27H28O10. The lowest BCUT2D eigenvalue weighted by Gasteiger charge is -2.31. The van der Waals surface area contributed by atoms with Crippen LogP contribution in [-0.2, 0) is 23.7 Å². The van der Waals surface area contributed by atoms with Crippen molar-refractivity contribution in [3.63, 3.8) is 0 Å². The Morgan fingerprint density at radius 2 is 1.70 bits per heavy atom. The fourth-order valence-electron chi connectivity index (χ4n) is 5.38. The van der Waals surface area contributed by atoms with Gasteiger partial charge in [0.1, 0.15) is 34.6 Å². The number of Topliss-reactive ketones (excluding diaryl/α,β-unsaturated/α-hetero) is 1. The maximum atomic E-state index is 14.1. The smallest absolute Gasteiger partial charge is 0.507 e. The van der Waals surface area contributed by atoms with Gasteiger partial charge in [0.2, 0.25) is 0 Å². The summed E-state index contributed by atoms with van der Waals surface area (Å²) in [6.45, 7) is 8.04. The molecule has 0 bridgehead atoms. The second-order valence-electron chi connectivity index (χ2n) is 10.4. The van der Waals surface area contributed by atoms with E-state index in [0.717, 1.165) is 0 Å². The van der Waals surface area contributed by atoms with Gasteiger partial charge in [-0.05, 0) is 33.8 Å². The number of aromatic hydroxyl groups is 1. The molecule has 10 nitrogen and oxygen atoms in total. The van der Waals surface area contributed by atoms with E-state index in [4.69, 9.17) is 28.4 Å². The van der Waals surface area contributed by atoms with Crippen molar-refractivity contribution in [1.82, 2.24) is 0 Å². The number of phenolic OH excluding ortho intramolecular Hbond substituents is 1. The lowest BCUT2D eigenvalue weighted by molar-refractivity contribution is -0.147. The number of ether oxygens (including phenoxy) is 6. The molecule has 3 aliphatic rings. The zero-order valence-corrected chi connectivity index (χ0v) is 21.6. The Morgan fingerprint density at radius 3 is 2.30 bits per heavy atom. The summed E-state index contributed by atoms with van der Waals surface area (Å²) in [4.78, 5) is 39.0. The molecule has 0 unspecified atom stereocenters. The third kappa shape index (κ3) is 3.61. The summed E-state index contributed by atoms with van der Waals surface area (Å²) in [5.74, 6) is -0.831. The number of esters is 1. The van der Waals surface area contributed by atoms with E-state index in [1.165, 1.54) is 27.2 Å². The van der Waals surface area contributed by atoms with Gasteiger partial charge in [0.05, 0.1) is 30.7 Å². The molecule has 10 heteroatoms. The van der Waals surface area contributed by atoms with Crippen molar-refractivity contribution < 1.29 is 47.9 Å². The van der Waals surface area contributed by atoms with Gasteiger partial charge in [-0.2, -0.15) is 0 Å². The second-order valence-corrected chi connectivity index (χ2v) is 10.4. The van der Waals surface area contributed by atoms with E-state index in [1.807, 2.05) is 0 Å². The summed E-state index contributed by atoms with van der Waals surface area (Å²) in [5, 5.41) is 11.4. The highest BCUT2D eigenvalue weighted by molar-refractivity contribution is 6.28. The SMILES string of the molecule is COc1c2c(c(OC)c3c(O)cccc13)C(=O)C1=C2[C@H](OC(=O)OC(C)(C)C)[C@@H]2O[C@]2(C)[C@@H]1OC(C)=O. The fourth-order valence-corrected chi connectivity index (χ4v) is 5.38. The van der Waals surface area contributed by atoms with E-state index in [0.29, 0.717) is 10.9 Å². The van der Waals surface area contributed by atoms with Crippen LogP contribution in [-0.4, -0.2) is 66.7 Å². The van der Waals surface area contributed by atoms with Crippen LogP contribution in [0.4, 0.5) is 4.79 Å². The number of hydrogen-bond donors (Lipinski definition) is 1. The number of ketones is 1. The highest BCUT2D eigenvalue weighted by atomic mass is 16.8. The Hall–Kier alpha value is -3.79. The van der Waals surface area contributed by atoms with Gasteiger partial charge in [-0.25, -0.2) is 4.79 Å². The van der Waals surface area contributed by atoms with E-state index in [1.54, 1.807) is 39.8 Å². The van der Waals surface area contributed by atoms with E-state index >= 15 is 0 Å². The van der Waals surface area contributed by atoms with Crippen molar-refractivity contribution in [1.29, 1.82) is 0 Å². The zero-order chi connectivity index (χ0) is 27.0. The minimum absolute atomic E-state index is 0.0985. The number of epoxide rings is 1. The van der Waals surface area contributed by atoms with Crippen molar-refractivity contribution in [2.24, 2.45) is 0 Å². The van der Waals surface area contributed by atoms with Crippen molar-refractivity contribution >= 4 is 34.3 Å². The first-order valence-corrected chi connectivity index (χ1v) is 11.8. The lowest BCUT2D eigenvalue weighted by atomic mass is 9.80. The van der Waals surface area contributed by atoms with Crippen LogP contribution >= 0.6 is 0 Å². The van der Waals surface area contributed by atoms with Crippen molar-refractivity contribution in [3.05, 3.63) is 34.9 Å². The first-order valence-electron chi connectivity index (χ1n) is 11.8. The molecule has 4 atom stereocenters. The van der Waals surface area contributed by atoms with Gasteiger partial charge in [-0.15, -0.1) is 0 Å². The van der Waals surface area contributed by atoms with E-state index in [-0.39, 0.29) is 39.3 Å². The second kappa shape index (κ2) is 8.11. The molecule has 0 saturated carbocycles. The van der Waals surface area contributed by atoms with Gasteiger partial charge in [0.15, 0.2) is 18.0 Å². The normalized spacial score (nSPS) is 25.7. The zero-order valence-electron chi connectivity index (χ0n) is 21.6. The number of carbonyl (C=O) groups excluding carboxylic acids is 3. The van der Waals surface area contributed by atoms with Gasteiger partial charge in [-0.3, -0.25) is 9.59 Å². The third-order valence-corrected chi connectivity index (χ3v) is 6.79. The topological polar surface area (TPSA) is 130 Å². The third-order valence-electron chi connectivity index (χ3n) is 6.79. The van der Waals surface area contributed by atoms with Crippen LogP contribution in [0.25, 0.3) is 16.3 Å². The number of benzene rings is 2. The molecule has 2 aliphatic carbocycles. The lowest BCUT2D eigenvalue weighted by Crippen LogP contribution is -2.45. The Morgan fingerprint density at radius 1 is 1.03 bits per heavy atom. The maximum Gasteiger partial charge on any atom is 0.509 e. The molecule has 37 heavy (non-hydrogen) atoms. The minimum Gasteiger partial charge on any atom is -0.507 e. The van der Waals surface area contributed by atoms with Crippen LogP contribution in [0, 0.1) is 0 Å². The molecule has 0 amide bonds. The van der Waals surface area contributed by atoms with Gasteiger partial charge in [-0.1, -0.05) is 12.1 Å². The summed E-state index contributed by atoms with van der Waals surface area (Å²) in [6.07, 6.45) is -3.81. The Labute approximate surface area is 213 Å². The number of phenols is 1. The molecule has 1 aliphatic heterocycles. The first-order chi connectivity index (χ1) is 17.3. The highest BCUT2D eigenvalue weighted by Gasteiger charge is 2.71. The Balaban J connectivity index is 1.80. The van der Waals surface area contributed by atoms with Crippen LogP contribution in [0.2, 0.25) is 0 Å². The molecule has 1 saturated heterocycles. The van der Waals surface area contributed by atoms with Crippen molar-refractivity contribution in [2.75, 3.05) is 14.2 Å². The maximum absolute atomic E-state index is 14.1. The fraction of sp³-hybridized carbons (Fsp3) is 0.444. The van der Waals surface area contributed by atoms with Gasteiger partial charge in [0, 0.05) is 23.4 Å². The molecule has 5 rings (SSSR count). The van der Waals surface area contributed by atoms with Gasteiger partial charge in [0.25, 0.3) is 0 Å². The molecule has 1 heterocycles. The van der Waals surface area contributed by atoms with Crippen molar-refractivity contribution in [3.8, 4) is 17.2 Å². The average molecular weight is 513 g/mol. The molecule has 0 spiro atoms. The van der Waals surface area contributed by atoms with E-state index in [9.17, 15) is 19.5 Å². The monoisotopic (exact) mass is 512 g/mol. The summed E-state index contributed by atoms with van der Waals surface area (Å²) in [5.41, 5.74) is -1.12. The van der Waals surface area contributed by atoms with Crippen LogP contribution in [0.3, 0.4) is 0 Å². The number of methoxy groups -OCH3 is 2. The number of hydrogen-bond acceptors (Lipinski definition) is 10. The number of fused-ring (bicyclic) bond motifs is 4. The standard InChI is InChI=1S/C27H28O10/c1-11(28)34-23-18-16(22(24-27(23,5)36-24)35-25(31)37-26(2,3)4)15-17(19(18)30)21(33-7)14-12(20(15)32-6)9-8-10-13(14)29/h8-10,22-24,29H,1-7H3/t22-,23+,24-,27+/m0/s1. The van der Waals surface area contributed by atoms with Crippen LogP contribution in [0.1, 0.15) is 50.5 Å². The summed E-state index contributed by atoms with van der Waals surface area (Å²) < 4.78 is 34.2. The average Bonchev–Trinajstić information content (AvgIpc) is 3.41. The largest absolute Gasteiger partial charge is 0.509 e. The molecule has 1 fully saturated rings. The molecular weight excluding hydrogens is 484 g/mol. The number of carbonyl (C=O) groups is 3. The van der Waals surface area contributed by atoms with Gasteiger partial charge < -0.3 is 33.5 Å². The number of rotatable bonds is 4. The van der Waals surface area contributed by atoms with Crippen molar-refractivity contribution in [2.45, 2.75) is 64.1 Å². The Kier molecular flexibility index (Phi) is 5.45. The molecule has 1 N–H and O–H groups in total. The van der Waals surface area contributed by atoms with E-state index in [2.05, 4.69) is 0 Å². The first kappa shape index (κ1) is 24.9. The molecule has 2 aromatic carbocycles. The van der Waals surface area contributed by atoms with Gasteiger partial charge >= 0.3 is 12.1 Å². The molecule has 0 aromatic heterocycles. The van der Waals surface area contributed by atoms with Crippen LogP contribution in [0.5, 0.6) is 17.2 Å². The quantitative estimate of drug-likeness (QED) is 0.475. The Bertz CT molecular complexity index is 1400. The van der Waals surface area contributed by atoms with Crippen LogP contribution in [0.15, 0.2) is 23.8 Å². The van der Waals surface area contributed by atoms with E-state index < -0.39 is 47.4 Å². The molecule has 0 radical (unpaired) electrons. The summed E-state index contributed by atoms with van der Waals surface area (Å²) in [7, 11) is 2.82. The highest BCUT2D eigenvalue weighted by Crippen LogP contribution is 2.61. The van der Waals surface area contributed by atoms with Crippen LogP contribution < -0.4 is 9.47 Å². The predicted octanol–water partition coefficient (Wildman–Crippen LogP) is 3.94. The summed E-state index contributed by atoms with van der Waals surface area (Å²) >= 11 is 0.